The summed E-state index contributed by atoms with van der Waals surface area (Å²) in [6.45, 7) is 7.56. The van der Waals surface area contributed by atoms with E-state index in [4.69, 9.17) is 4.74 Å². The topological polar surface area (TPSA) is 115 Å². The van der Waals surface area contributed by atoms with Crippen molar-refractivity contribution in [3.05, 3.63) is 35.4 Å². The van der Waals surface area contributed by atoms with Gasteiger partial charge in [-0.2, -0.15) is 18.4 Å². The number of likely N-dealkylation sites (tertiary alicyclic amines) is 2. The third-order valence-electron chi connectivity index (χ3n) is 6.90. The molecule has 5 atom stereocenters. The number of halogens is 3. The number of nitriles is 1. The summed E-state index contributed by atoms with van der Waals surface area (Å²) in [5.41, 5.74) is -1.07. The molecule has 0 aromatic heterocycles. The molecule has 2 saturated heterocycles. The van der Waals surface area contributed by atoms with E-state index in [1.54, 1.807) is 38.7 Å². The minimum Gasteiger partial charge on any atom is -0.444 e. The van der Waals surface area contributed by atoms with Crippen molar-refractivity contribution in [3.8, 4) is 6.07 Å². The highest BCUT2D eigenvalue weighted by molar-refractivity contribution is 5.86. The number of ether oxygens (including phenoxy) is 1. The van der Waals surface area contributed by atoms with Crippen molar-refractivity contribution >= 4 is 18.3 Å². The maximum atomic E-state index is 13.4. The minimum atomic E-state index is -4.45. The number of aldehydes is 1. The number of nitrogens with zero attached hydrogens (tertiary/aromatic N) is 3. The molecule has 1 aromatic carbocycles. The highest BCUT2D eigenvalue weighted by Gasteiger charge is 2.40. The number of alkyl halides is 3. The quantitative estimate of drug-likeness (QED) is 0.476. The van der Waals surface area contributed by atoms with Gasteiger partial charge in [0.15, 0.2) is 0 Å². The Hall–Kier alpha value is -3.17. The van der Waals surface area contributed by atoms with Crippen molar-refractivity contribution in [3.63, 3.8) is 0 Å². The summed E-state index contributed by atoms with van der Waals surface area (Å²) in [6.07, 6.45) is -2.89. The number of hydrogen-bond acceptors (Lipinski definition) is 7. The Kier molecular flexibility index (Phi) is 9.61. The van der Waals surface area contributed by atoms with Gasteiger partial charge in [0.1, 0.15) is 24.0 Å². The van der Waals surface area contributed by atoms with E-state index in [-0.39, 0.29) is 12.6 Å². The zero-order valence-electron chi connectivity index (χ0n) is 22.6. The number of nitrogens with one attached hydrogen (secondary N) is 2. The van der Waals surface area contributed by atoms with E-state index in [2.05, 4.69) is 16.7 Å². The predicted octanol–water partition coefficient (Wildman–Crippen LogP) is 3.41. The van der Waals surface area contributed by atoms with E-state index in [1.807, 2.05) is 0 Å². The van der Waals surface area contributed by atoms with E-state index in [9.17, 15) is 32.8 Å². The van der Waals surface area contributed by atoms with E-state index < -0.39 is 53.5 Å². The molecule has 0 bridgehead atoms. The monoisotopic (exact) mass is 551 g/mol. The van der Waals surface area contributed by atoms with Crippen LogP contribution in [-0.4, -0.2) is 77.5 Å². The minimum absolute atomic E-state index is 0.00620. The lowest BCUT2D eigenvalue weighted by Crippen LogP contribution is -2.56. The number of rotatable bonds is 8. The smallest absolute Gasteiger partial charge is 0.416 e. The molecule has 2 fully saturated rings. The summed E-state index contributed by atoms with van der Waals surface area (Å²) >= 11 is 0. The Morgan fingerprint density at radius 2 is 2.00 bits per heavy atom. The lowest BCUT2D eigenvalue weighted by atomic mass is 10.0. The molecule has 214 valence electrons. The molecule has 3 rings (SSSR count). The van der Waals surface area contributed by atoms with Crippen LogP contribution in [0.3, 0.4) is 0 Å². The Morgan fingerprint density at radius 3 is 2.62 bits per heavy atom. The molecule has 2 N–H and O–H groups in total. The van der Waals surface area contributed by atoms with Crippen molar-refractivity contribution in [1.82, 2.24) is 20.4 Å². The van der Waals surface area contributed by atoms with Gasteiger partial charge in [-0.1, -0.05) is 12.1 Å². The number of carbonyl (C=O) groups is 3. The van der Waals surface area contributed by atoms with E-state index >= 15 is 0 Å². The van der Waals surface area contributed by atoms with E-state index in [0.29, 0.717) is 37.9 Å². The summed E-state index contributed by atoms with van der Waals surface area (Å²) in [5.74, 6) is -0.427. The second-order valence-corrected chi connectivity index (χ2v) is 11.1. The SMILES string of the molecule is C[C@H](NC1CC(C=O)N(CC(NC(=O)OC(C)(C)C)C(=O)N2CCCC2C#N)C1)c1cccc(C(F)(F)F)c1. The van der Waals surface area contributed by atoms with Gasteiger partial charge in [0.05, 0.1) is 17.7 Å². The standard InChI is InChI=1S/C27H36F3N5O4/c1-17(18-7-5-8-19(11-18)27(28,29)30)32-20-12-22(16-36)34(14-20)15-23(33-25(38)39-26(2,3)4)24(37)35-10-6-9-21(35)13-31/h5,7-8,11,16-17,20-23,32H,6,9-10,12,14-15H2,1-4H3,(H,33,38)/t17-,20?,21?,22?,23?/m0/s1. The maximum absolute atomic E-state index is 13.4. The average Bonchev–Trinajstić information content (AvgIpc) is 3.48. The van der Waals surface area contributed by atoms with Gasteiger partial charge >= 0.3 is 12.3 Å². The van der Waals surface area contributed by atoms with Crippen molar-refractivity contribution in [2.45, 2.75) is 88.9 Å². The largest absolute Gasteiger partial charge is 0.444 e. The van der Waals surface area contributed by atoms with Crippen LogP contribution in [0.2, 0.25) is 0 Å². The molecular formula is C27H36F3N5O4. The molecule has 0 spiro atoms. The Morgan fingerprint density at radius 1 is 1.28 bits per heavy atom. The van der Waals surface area contributed by atoms with E-state index in [1.165, 1.54) is 11.0 Å². The molecule has 0 aliphatic carbocycles. The summed E-state index contributed by atoms with van der Waals surface area (Å²) in [5, 5.41) is 15.4. The molecule has 0 radical (unpaired) electrons. The highest BCUT2D eigenvalue weighted by atomic mass is 19.4. The van der Waals surface area contributed by atoms with Gasteiger partial charge in [-0.3, -0.25) is 9.69 Å². The third kappa shape index (κ3) is 8.16. The third-order valence-corrected chi connectivity index (χ3v) is 6.90. The Bertz CT molecular complexity index is 1080. The lowest BCUT2D eigenvalue weighted by Gasteiger charge is -2.31. The molecule has 4 unspecified atom stereocenters. The normalized spacial score (nSPS) is 23.6. The predicted molar refractivity (Wildman–Crippen MR) is 136 cm³/mol. The first-order chi connectivity index (χ1) is 18.2. The van der Waals surface area contributed by atoms with Crippen molar-refractivity contribution in [1.29, 1.82) is 5.26 Å². The van der Waals surface area contributed by atoms with Gasteiger partial charge in [-0.15, -0.1) is 0 Å². The number of hydrogen-bond donors (Lipinski definition) is 2. The van der Waals surface area contributed by atoms with Crippen LogP contribution in [0.1, 0.15) is 64.1 Å². The molecular weight excluding hydrogens is 515 g/mol. The zero-order valence-corrected chi connectivity index (χ0v) is 22.6. The van der Waals surface area contributed by atoms with Gasteiger partial charge in [-0.05, 0) is 64.7 Å². The number of amides is 2. The van der Waals surface area contributed by atoms with Gasteiger partial charge in [0.25, 0.3) is 0 Å². The molecule has 2 aliphatic rings. The zero-order chi connectivity index (χ0) is 29.0. The fraction of sp³-hybridized carbons (Fsp3) is 0.630. The summed E-state index contributed by atoms with van der Waals surface area (Å²) < 4.78 is 44.8. The Labute approximate surface area is 226 Å². The van der Waals surface area contributed by atoms with Crippen LogP contribution in [0.5, 0.6) is 0 Å². The van der Waals surface area contributed by atoms with Crippen LogP contribution in [0.15, 0.2) is 24.3 Å². The molecule has 12 heteroatoms. The first-order valence-electron chi connectivity index (χ1n) is 13.0. The molecule has 2 heterocycles. The number of benzene rings is 1. The van der Waals surface area contributed by atoms with Crippen molar-refractivity contribution in [2.24, 2.45) is 0 Å². The van der Waals surface area contributed by atoms with Crippen molar-refractivity contribution < 1.29 is 32.3 Å². The second kappa shape index (κ2) is 12.3. The molecule has 9 nitrogen and oxygen atoms in total. The fourth-order valence-corrected chi connectivity index (χ4v) is 5.07. The van der Waals surface area contributed by atoms with Crippen molar-refractivity contribution in [2.75, 3.05) is 19.6 Å². The average molecular weight is 552 g/mol. The summed E-state index contributed by atoms with van der Waals surface area (Å²) in [6, 6.07) is 4.30. The molecule has 0 saturated carbocycles. The van der Waals surface area contributed by atoms with Crippen LogP contribution in [0, 0.1) is 11.3 Å². The van der Waals surface area contributed by atoms with Crippen LogP contribution < -0.4 is 10.6 Å². The molecule has 2 aliphatic heterocycles. The van der Waals surface area contributed by atoms with Crippen LogP contribution in [0.25, 0.3) is 0 Å². The number of carbonyl (C=O) groups excluding carboxylic acids is 3. The van der Waals surface area contributed by atoms with Crippen LogP contribution in [0.4, 0.5) is 18.0 Å². The molecule has 2 amide bonds. The molecule has 39 heavy (non-hydrogen) atoms. The number of alkyl carbamates (subject to hydrolysis) is 1. The van der Waals surface area contributed by atoms with Gasteiger partial charge in [0, 0.05) is 31.7 Å². The van der Waals surface area contributed by atoms with Gasteiger partial charge in [0.2, 0.25) is 5.91 Å². The summed E-state index contributed by atoms with van der Waals surface area (Å²) in [7, 11) is 0. The second-order valence-electron chi connectivity index (χ2n) is 11.1. The molecule has 1 aromatic rings. The van der Waals surface area contributed by atoms with Crippen LogP contribution >= 0.6 is 0 Å². The first-order valence-corrected chi connectivity index (χ1v) is 13.0. The van der Waals surface area contributed by atoms with Gasteiger partial charge < -0.3 is 25.1 Å². The van der Waals surface area contributed by atoms with E-state index in [0.717, 1.165) is 18.4 Å². The lowest BCUT2D eigenvalue weighted by molar-refractivity contribution is -0.137. The fourth-order valence-electron chi connectivity index (χ4n) is 5.07. The maximum Gasteiger partial charge on any atom is 0.416 e. The first kappa shape index (κ1) is 30.4. The van der Waals surface area contributed by atoms with Gasteiger partial charge in [-0.25, -0.2) is 4.79 Å². The Balaban J connectivity index is 1.73. The summed E-state index contributed by atoms with van der Waals surface area (Å²) in [4.78, 5) is 41.2. The van der Waals surface area contributed by atoms with Crippen LogP contribution in [-0.2, 0) is 20.5 Å². The highest BCUT2D eigenvalue weighted by Crippen LogP contribution is 2.31.